The second kappa shape index (κ2) is 3.04. The van der Waals surface area contributed by atoms with Crippen LogP contribution in [0.5, 0.6) is 0 Å². The molecule has 0 spiro atoms. The summed E-state index contributed by atoms with van der Waals surface area (Å²) in [6.07, 6.45) is 0. The lowest BCUT2D eigenvalue weighted by atomic mass is 10.5. The van der Waals surface area contributed by atoms with Crippen molar-refractivity contribution in [3.8, 4) is 0 Å². The van der Waals surface area contributed by atoms with Gasteiger partial charge in [-0.25, -0.2) is 0 Å². The molecule has 0 bridgehead atoms. The summed E-state index contributed by atoms with van der Waals surface area (Å²) in [6, 6.07) is 0. The van der Waals surface area contributed by atoms with Crippen LogP contribution < -0.4 is 0 Å². The van der Waals surface area contributed by atoms with Crippen molar-refractivity contribution in [2.45, 2.75) is 6.92 Å². The number of carbonyl (C=O) groups excluding carboxylic acids is 1. The Balaban J connectivity index is 3.39. The fourth-order valence-corrected chi connectivity index (χ4v) is 0.595. The van der Waals surface area contributed by atoms with E-state index in [2.05, 4.69) is 4.43 Å². The third-order valence-electron chi connectivity index (χ3n) is 0.469. The van der Waals surface area contributed by atoms with Crippen LogP contribution in [0.4, 0.5) is 0 Å². The molecule has 5 nitrogen and oxygen atoms in total. The largest absolute Gasteiger partial charge is 0.671 e. The fraction of sp³-hybridized carbons (Fsp3) is 0.667. The Hall–Kier alpha value is -0.273. The summed E-state index contributed by atoms with van der Waals surface area (Å²) in [5.41, 5.74) is 0. The lowest BCUT2D eigenvalue weighted by Gasteiger charge is -2.06. The molecular weight excluding hydrogens is 144 g/mol. The molecule has 3 N–H and O–H groups in total. The molecule has 54 valence electrons. The number of hydrogen-bond acceptors (Lipinski definition) is 5. The molecule has 0 aromatic rings. The first kappa shape index (κ1) is 8.73. The van der Waals surface area contributed by atoms with Gasteiger partial charge in [-0.1, -0.05) is 0 Å². The molecule has 0 atom stereocenters. The van der Waals surface area contributed by atoms with Crippen molar-refractivity contribution in [2.24, 2.45) is 0 Å². The smallest absolute Gasteiger partial charge is 0.368 e. The average molecular weight is 152 g/mol. The van der Waals surface area contributed by atoms with E-state index in [-0.39, 0.29) is 5.78 Å². The maximum atomic E-state index is 10.1. The molecule has 0 aliphatic heterocycles. The summed E-state index contributed by atoms with van der Waals surface area (Å²) in [5.74, 6) is -0.371. The second-order valence-corrected chi connectivity index (χ2v) is 3.00. The molecule has 0 radical (unpaired) electrons. The van der Waals surface area contributed by atoms with Crippen molar-refractivity contribution >= 4 is 14.8 Å². The van der Waals surface area contributed by atoms with E-state index in [1.807, 2.05) is 0 Å². The Morgan fingerprint density at radius 1 is 1.56 bits per heavy atom. The Labute approximate surface area is 53.0 Å². The zero-order valence-electron chi connectivity index (χ0n) is 4.87. The quantitative estimate of drug-likeness (QED) is 0.407. The highest BCUT2D eigenvalue weighted by molar-refractivity contribution is 6.48. The maximum Gasteiger partial charge on any atom is 0.671 e. The van der Waals surface area contributed by atoms with Crippen LogP contribution in [-0.2, 0) is 9.22 Å². The van der Waals surface area contributed by atoms with Gasteiger partial charge in [0.2, 0.25) is 0 Å². The molecule has 0 unspecified atom stereocenters. The Kier molecular flexibility index (Phi) is 2.95. The molecule has 0 aliphatic carbocycles. The highest BCUT2D eigenvalue weighted by Crippen LogP contribution is 1.87. The predicted octanol–water partition coefficient (Wildman–Crippen LogP) is -2.00. The van der Waals surface area contributed by atoms with Gasteiger partial charge in [0.1, 0.15) is 0 Å². The average Bonchev–Trinajstić information content (AvgIpc) is 1.59. The van der Waals surface area contributed by atoms with Gasteiger partial charge in [-0.2, -0.15) is 0 Å². The molecular formula is C3H8O5Si. The van der Waals surface area contributed by atoms with E-state index >= 15 is 0 Å². The van der Waals surface area contributed by atoms with Crippen molar-refractivity contribution in [3.63, 3.8) is 0 Å². The van der Waals surface area contributed by atoms with E-state index in [9.17, 15) is 4.79 Å². The minimum absolute atomic E-state index is 0.371. The first-order chi connectivity index (χ1) is 3.92. The monoisotopic (exact) mass is 152 g/mol. The minimum Gasteiger partial charge on any atom is -0.368 e. The van der Waals surface area contributed by atoms with Crippen molar-refractivity contribution in [1.82, 2.24) is 0 Å². The first-order valence-corrected chi connectivity index (χ1v) is 3.97. The Bertz CT molecular complexity index is 105. The summed E-state index contributed by atoms with van der Waals surface area (Å²) in [4.78, 5) is 34.5. The van der Waals surface area contributed by atoms with Crippen LogP contribution in [0, 0.1) is 0 Å². The first-order valence-electron chi connectivity index (χ1n) is 2.22. The van der Waals surface area contributed by atoms with E-state index in [1.54, 1.807) is 0 Å². The standard InChI is InChI=1S/C3H8O5Si/c1-3(4)2-8-9(5,6)7/h5-7H,2H2,1H3. The molecule has 0 saturated heterocycles. The van der Waals surface area contributed by atoms with Gasteiger partial charge in [0.05, 0.1) is 6.61 Å². The highest BCUT2D eigenvalue weighted by Gasteiger charge is 2.30. The Morgan fingerprint density at radius 2 is 2.00 bits per heavy atom. The number of Topliss-reactive ketones (excluding diaryl/α,β-unsaturated/α-hetero) is 1. The molecule has 0 rings (SSSR count). The summed E-state index contributed by atoms with van der Waals surface area (Å²) in [7, 11) is -4.44. The van der Waals surface area contributed by atoms with E-state index in [0.717, 1.165) is 0 Å². The zero-order valence-corrected chi connectivity index (χ0v) is 5.87. The van der Waals surface area contributed by atoms with Crippen LogP contribution in [0.2, 0.25) is 0 Å². The van der Waals surface area contributed by atoms with E-state index < -0.39 is 15.7 Å². The topological polar surface area (TPSA) is 87.0 Å². The summed E-state index contributed by atoms with van der Waals surface area (Å²) in [6.45, 7) is 0.746. The number of carbonyl (C=O) groups is 1. The van der Waals surface area contributed by atoms with Crippen LogP contribution in [0.1, 0.15) is 6.92 Å². The van der Waals surface area contributed by atoms with Gasteiger partial charge in [0.25, 0.3) is 0 Å². The molecule has 0 aromatic carbocycles. The highest BCUT2D eigenvalue weighted by atomic mass is 28.4. The van der Waals surface area contributed by atoms with Crippen molar-refractivity contribution in [2.75, 3.05) is 6.61 Å². The SMILES string of the molecule is CC(=O)CO[Si](O)(O)O. The summed E-state index contributed by atoms with van der Waals surface area (Å²) in [5, 5.41) is 0. The van der Waals surface area contributed by atoms with Gasteiger partial charge in [0, 0.05) is 0 Å². The third-order valence-corrected chi connectivity index (χ3v) is 1.00. The van der Waals surface area contributed by atoms with Crippen LogP contribution in [0.3, 0.4) is 0 Å². The van der Waals surface area contributed by atoms with Crippen LogP contribution in [0.25, 0.3) is 0 Å². The third kappa shape index (κ3) is 7.73. The summed E-state index contributed by atoms with van der Waals surface area (Å²) < 4.78 is 3.95. The lowest BCUT2D eigenvalue weighted by molar-refractivity contribution is -0.121. The second-order valence-electron chi connectivity index (χ2n) is 1.56. The van der Waals surface area contributed by atoms with E-state index in [0.29, 0.717) is 0 Å². The lowest BCUT2D eigenvalue weighted by Crippen LogP contribution is -2.40. The molecule has 0 amide bonds. The van der Waals surface area contributed by atoms with E-state index in [1.165, 1.54) is 6.92 Å². The fourth-order valence-electron chi connectivity index (χ4n) is 0.198. The van der Waals surface area contributed by atoms with Crippen molar-refractivity contribution in [3.05, 3.63) is 0 Å². The Morgan fingerprint density at radius 3 is 2.11 bits per heavy atom. The van der Waals surface area contributed by atoms with E-state index in [4.69, 9.17) is 14.4 Å². The minimum atomic E-state index is -4.44. The number of rotatable bonds is 3. The predicted molar refractivity (Wildman–Crippen MR) is 29.0 cm³/mol. The van der Waals surface area contributed by atoms with Crippen molar-refractivity contribution in [1.29, 1.82) is 0 Å². The molecule has 0 aromatic heterocycles. The molecule has 0 saturated carbocycles. The van der Waals surface area contributed by atoms with Crippen LogP contribution >= 0.6 is 0 Å². The zero-order chi connectivity index (χ0) is 7.49. The van der Waals surface area contributed by atoms with Gasteiger partial charge in [0.15, 0.2) is 5.78 Å². The van der Waals surface area contributed by atoms with Crippen LogP contribution in [0.15, 0.2) is 0 Å². The van der Waals surface area contributed by atoms with Gasteiger partial charge >= 0.3 is 9.05 Å². The molecule has 9 heavy (non-hydrogen) atoms. The van der Waals surface area contributed by atoms with Crippen molar-refractivity contribution < 1.29 is 23.6 Å². The maximum absolute atomic E-state index is 10.1. The number of hydrogen-bond donors (Lipinski definition) is 3. The van der Waals surface area contributed by atoms with Crippen LogP contribution in [-0.4, -0.2) is 35.8 Å². The summed E-state index contributed by atoms with van der Waals surface area (Å²) >= 11 is 0. The van der Waals surface area contributed by atoms with Gasteiger partial charge in [-0.3, -0.25) is 4.79 Å². The number of ketones is 1. The molecule has 0 heterocycles. The molecule has 0 aliphatic rings. The van der Waals surface area contributed by atoms with Gasteiger partial charge in [-0.05, 0) is 6.92 Å². The molecule has 0 fully saturated rings. The van der Waals surface area contributed by atoms with Gasteiger partial charge < -0.3 is 18.8 Å². The normalized spacial score (nSPS) is 11.6. The van der Waals surface area contributed by atoms with Gasteiger partial charge in [-0.15, -0.1) is 0 Å². The molecule has 6 heteroatoms.